The second-order valence-corrected chi connectivity index (χ2v) is 11.7. The van der Waals surface area contributed by atoms with E-state index in [0.717, 1.165) is 26.6 Å². The van der Waals surface area contributed by atoms with Crippen molar-refractivity contribution in [2.24, 2.45) is 0 Å². The Labute approximate surface area is 238 Å². The fourth-order valence-corrected chi connectivity index (χ4v) is 6.04. The van der Waals surface area contributed by atoms with Gasteiger partial charge in [0.2, 0.25) is 11.8 Å². The van der Waals surface area contributed by atoms with E-state index in [-0.39, 0.29) is 17.3 Å². The van der Waals surface area contributed by atoms with Crippen LogP contribution < -0.4 is 14.4 Å². The average Bonchev–Trinajstić information content (AvgIpc) is 2.91. The van der Waals surface area contributed by atoms with Crippen molar-refractivity contribution in [2.45, 2.75) is 58.5 Å². The van der Waals surface area contributed by atoms with Gasteiger partial charge in [-0.05, 0) is 87.2 Å². The highest BCUT2D eigenvalue weighted by molar-refractivity contribution is 7.92. The third-order valence-corrected chi connectivity index (χ3v) is 8.39. The highest BCUT2D eigenvalue weighted by Crippen LogP contribution is 2.27. The summed E-state index contributed by atoms with van der Waals surface area (Å²) in [7, 11) is -2.56. The Bertz CT molecular complexity index is 1420. The van der Waals surface area contributed by atoms with Gasteiger partial charge in [0.1, 0.15) is 18.3 Å². The molecular weight excluding hydrogens is 526 g/mol. The molecule has 214 valence electrons. The van der Waals surface area contributed by atoms with Crippen LogP contribution in [-0.4, -0.2) is 51.4 Å². The number of carbonyl (C=O) groups is 2. The third kappa shape index (κ3) is 7.41. The molecule has 40 heavy (non-hydrogen) atoms. The minimum atomic E-state index is -4.11. The van der Waals surface area contributed by atoms with Crippen LogP contribution in [0.25, 0.3) is 0 Å². The smallest absolute Gasteiger partial charge is 0.264 e. The SMILES string of the molecule is CCNC(=O)C(CC)N(Cc1cccc(OC)c1)C(=O)CN(c1cc(C)cc(C)c1)S(=O)(=O)c1ccc(C)cc1. The number of likely N-dealkylation sites (N-methyl/N-ethyl adjacent to an activating group) is 1. The zero-order valence-corrected chi connectivity index (χ0v) is 24.9. The van der Waals surface area contributed by atoms with Crippen LogP contribution in [0, 0.1) is 20.8 Å². The summed E-state index contributed by atoms with van der Waals surface area (Å²) < 4.78 is 34.5. The van der Waals surface area contributed by atoms with E-state index in [2.05, 4.69) is 5.32 Å². The molecule has 2 amide bonds. The Kier molecular flexibility index (Phi) is 10.3. The van der Waals surface area contributed by atoms with Crippen LogP contribution in [0.5, 0.6) is 5.75 Å². The van der Waals surface area contributed by atoms with Crippen molar-refractivity contribution in [1.82, 2.24) is 10.2 Å². The van der Waals surface area contributed by atoms with Crippen LogP contribution in [0.15, 0.2) is 71.6 Å². The molecule has 0 radical (unpaired) electrons. The number of nitrogens with zero attached hydrogens (tertiary/aromatic N) is 2. The molecule has 3 aromatic rings. The van der Waals surface area contributed by atoms with Gasteiger partial charge in [0.15, 0.2) is 0 Å². The summed E-state index contributed by atoms with van der Waals surface area (Å²) >= 11 is 0. The number of aryl methyl sites for hydroxylation is 3. The number of methoxy groups -OCH3 is 1. The first-order chi connectivity index (χ1) is 19.0. The summed E-state index contributed by atoms with van der Waals surface area (Å²) in [6.45, 7) is 9.33. The largest absolute Gasteiger partial charge is 0.497 e. The number of sulfonamides is 1. The molecule has 1 N–H and O–H groups in total. The lowest BCUT2D eigenvalue weighted by atomic mass is 10.1. The first kappa shape index (κ1) is 30.7. The van der Waals surface area contributed by atoms with Gasteiger partial charge in [-0.1, -0.05) is 42.8 Å². The molecule has 0 heterocycles. The molecule has 1 unspecified atom stereocenters. The van der Waals surface area contributed by atoms with E-state index >= 15 is 0 Å². The van der Waals surface area contributed by atoms with E-state index in [1.165, 1.54) is 4.90 Å². The second-order valence-electron chi connectivity index (χ2n) is 9.86. The van der Waals surface area contributed by atoms with E-state index < -0.39 is 28.5 Å². The quantitative estimate of drug-likeness (QED) is 0.342. The summed E-state index contributed by atoms with van der Waals surface area (Å²) in [4.78, 5) is 28.7. The standard InChI is InChI=1S/C31H39N3O5S/c1-7-29(31(36)32-8-2)33(20-25-10-9-11-27(19-25)39-6)30(35)21-34(26-17-23(4)16-24(5)18-26)40(37,38)28-14-12-22(3)13-15-28/h9-19,29H,7-8,20-21H2,1-6H3,(H,32,36). The molecular formula is C31H39N3O5S. The maximum Gasteiger partial charge on any atom is 0.264 e. The van der Waals surface area contributed by atoms with Crippen molar-refractivity contribution < 1.29 is 22.7 Å². The Morgan fingerprint density at radius 2 is 1.55 bits per heavy atom. The lowest BCUT2D eigenvalue weighted by molar-refractivity contribution is -0.140. The number of hydrogen-bond acceptors (Lipinski definition) is 5. The molecule has 8 nitrogen and oxygen atoms in total. The summed E-state index contributed by atoms with van der Waals surface area (Å²) in [5, 5.41) is 2.81. The third-order valence-electron chi connectivity index (χ3n) is 6.61. The van der Waals surface area contributed by atoms with Crippen molar-refractivity contribution in [3.63, 3.8) is 0 Å². The van der Waals surface area contributed by atoms with Gasteiger partial charge in [-0.25, -0.2) is 8.42 Å². The molecule has 0 fully saturated rings. The normalized spacial score (nSPS) is 11.9. The molecule has 0 spiro atoms. The number of anilines is 1. The van der Waals surface area contributed by atoms with Crippen LogP contribution >= 0.6 is 0 Å². The number of benzene rings is 3. The summed E-state index contributed by atoms with van der Waals surface area (Å²) in [5.41, 5.74) is 3.81. The number of rotatable bonds is 12. The topological polar surface area (TPSA) is 96.0 Å². The first-order valence-electron chi connectivity index (χ1n) is 13.4. The summed E-state index contributed by atoms with van der Waals surface area (Å²) in [5.74, 6) is -0.161. The average molecular weight is 566 g/mol. The monoisotopic (exact) mass is 565 g/mol. The van der Waals surface area contributed by atoms with Gasteiger partial charge < -0.3 is 15.0 Å². The van der Waals surface area contributed by atoms with Gasteiger partial charge >= 0.3 is 0 Å². The predicted octanol–water partition coefficient (Wildman–Crippen LogP) is 4.76. The van der Waals surface area contributed by atoms with E-state index in [1.807, 2.05) is 52.8 Å². The first-order valence-corrected chi connectivity index (χ1v) is 14.8. The Hall–Kier alpha value is -3.85. The van der Waals surface area contributed by atoms with Crippen LogP contribution in [0.3, 0.4) is 0 Å². The van der Waals surface area contributed by atoms with Gasteiger partial charge in [-0.2, -0.15) is 0 Å². The van der Waals surface area contributed by atoms with Crippen molar-refractivity contribution in [2.75, 3.05) is 24.5 Å². The number of ether oxygens (including phenoxy) is 1. The second kappa shape index (κ2) is 13.5. The number of nitrogens with one attached hydrogen (secondary N) is 1. The van der Waals surface area contributed by atoms with Crippen LogP contribution in [0.2, 0.25) is 0 Å². The highest BCUT2D eigenvalue weighted by Gasteiger charge is 2.33. The highest BCUT2D eigenvalue weighted by atomic mass is 32.2. The van der Waals surface area contributed by atoms with Crippen LogP contribution in [0.1, 0.15) is 42.5 Å². The minimum absolute atomic E-state index is 0.0835. The molecule has 3 rings (SSSR count). The molecule has 0 aliphatic rings. The predicted molar refractivity (Wildman–Crippen MR) is 158 cm³/mol. The number of carbonyl (C=O) groups excluding carboxylic acids is 2. The molecule has 9 heteroatoms. The fourth-order valence-electron chi connectivity index (χ4n) is 4.64. The number of amides is 2. The molecule has 0 bridgehead atoms. The van der Waals surface area contributed by atoms with Gasteiger partial charge in [0, 0.05) is 13.1 Å². The van der Waals surface area contributed by atoms with E-state index in [1.54, 1.807) is 55.6 Å². The Morgan fingerprint density at radius 1 is 0.900 bits per heavy atom. The van der Waals surface area contributed by atoms with Gasteiger partial charge in [0.05, 0.1) is 17.7 Å². The molecule has 0 aliphatic heterocycles. The minimum Gasteiger partial charge on any atom is -0.497 e. The molecule has 0 saturated carbocycles. The molecule has 3 aromatic carbocycles. The van der Waals surface area contributed by atoms with Gasteiger partial charge in [0.25, 0.3) is 10.0 Å². The Morgan fingerprint density at radius 3 is 2.12 bits per heavy atom. The van der Waals surface area contributed by atoms with Crippen molar-refractivity contribution in [1.29, 1.82) is 0 Å². The van der Waals surface area contributed by atoms with E-state index in [0.29, 0.717) is 24.4 Å². The lowest BCUT2D eigenvalue weighted by Gasteiger charge is -2.33. The van der Waals surface area contributed by atoms with E-state index in [9.17, 15) is 18.0 Å². The summed E-state index contributed by atoms with van der Waals surface area (Å²) in [6, 6.07) is 18.5. The van der Waals surface area contributed by atoms with Crippen LogP contribution in [-0.2, 0) is 26.2 Å². The van der Waals surface area contributed by atoms with Gasteiger partial charge in [-0.15, -0.1) is 0 Å². The fraction of sp³-hybridized carbons (Fsp3) is 0.355. The summed E-state index contributed by atoms with van der Waals surface area (Å²) in [6.07, 6.45) is 0.357. The zero-order valence-electron chi connectivity index (χ0n) is 24.1. The van der Waals surface area contributed by atoms with Crippen molar-refractivity contribution >= 4 is 27.5 Å². The van der Waals surface area contributed by atoms with Gasteiger partial charge in [-0.3, -0.25) is 13.9 Å². The van der Waals surface area contributed by atoms with Crippen molar-refractivity contribution in [3.8, 4) is 5.75 Å². The van der Waals surface area contributed by atoms with E-state index in [4.69, 9.17) is 4.74 Å². The lowest BCUT2D eigenvalue weighted by Crippen LogP contribution is -2.52. The maximum atomic E-state index is 14.1. The maximum absolute atomic E-state index is 14.1. The van der Waals surface area contributed by atoms with Crippen molar-refractivity contribution in [3.05, 3.63) is 89.0 Å². The Balaban J connectivity index is 2.10. The number of hydrogen-bond donors (Lipinski definition) is 1. The molecule has 1 atom stereocenters. The molecule has 0 aliphatic carbocycles. The zero-order chi connectivity index (χ0) is 29.4. The molecule has 0 saturated heterocycles. The molecule has 0 aromatic heterocycles. The van der Waals surface area contributed by atoms with Crippen LogP contribution in [0.4, 0.5) is 5.69 Å².